The molecule has 0 bridgehead atoms. The number of para-hydroxylation sites is 1. The Hall–Kier alpha value is -3.76. The van der Waals surface area contributed by atoms with Gasteiger partial charge in [-0.25, -0.2) is 23.2 Å². The summed E-state index contributed by atoms with van der Waals surface area (Å²) in [4.78, 5) is 6.82. The fourth-order valence-electron chi connectivity index (χ4n) is 3.11. The van der Waals surface area contributed by atoms with Gasteiger partial charge in [0.1, 0.15) is 11.3 Å². The molecule has 4 rings (SSSR count). The lowest BCUT2D eigenvalue weighted by atomic mass is 10.1. The highest BCUT2D eigenvalue weighted by molar-refractivity contribution is 6.31. The molecule has 0 radical (unpaired) electrons. The molecule has 1 heterocycles. The largest absolute Gasteiger partial charge is 0.398 e. The van der Waals surface area contributed by atoms with Crippen molar-refractivity contribution in [2.24, 2.45) is 0 Å². The van der Waals surface area contributed by atoms with Crippen molar-refractivity contribution in [2.75, 3.05) is 16.1 Å². The summed E-state index contributed by atoms with van der Waals surface area (Å²) in [5.74, 6) is -3.69. The molecule has 0 saturated carbocycles. The number of hydrogen-bond donors (Lipinski definition) is 5. The van der Waals surface area contributed by atoms with E-state index in [0.717, 1.165) is 23.8 Å². The van der Waals surface area contributed by atoms with Crippen molar-refractivity contribution >= 4 is 45.8 Å². The van der Waals surface area contributed by atoms with Gasteiger partial charge in [-0.15, -0.1) is 0 Å². The lowest BCUT2D eigenvalue weighted by molar-refractivity contribution is 0.312. The van der Waals surface area contributed by atoms with Gasteiger partial charge in [0.25, 0.3) is 0 Å². The Kier molecular flexibility index (Phi) is 5.64. The van der Waals surface area contributed by atoms with Crippen LogP contribution in [0.1, 0.15) is 11.1 Å². The van der Waals surface area contributed by atoms with Crippen LogP contribution in [0.15, 0.2) is 48.5 Å². The number of nitrogens with zero attached hydrogens (tertiary/aromatic N) is 2. The Bertz CT molecular complexity index is 1340. The van der Waals surface area contributed by atoms with E-state index in [0.29, 0.717) is 10.8 Å². The number of anilines is 3. The summed E-state index contributed by atoms with van der Waals surface area (Å²) in [6, 6.07) is 11.1. The first-order valence-electron chi connectivity index (χ1n) is 9.24. The number of amidine groups is 1. The summed E-state index contributed by atoms with van der Waals surface area (Å²) < 4.78 is 42.0. The van der Waals surface area contributed by atoms with E-state index >= 15 is 0 Å². The molecule has 0 fully saturated rings. The van der Waals surface area contributed by atoms with Gasteiger partial charge in [0.15, 0.2) is 17.5 Å². The van der Waals surface area contributed by atoms with E-state index in [1.165, 1.54) is 6.07 Å². The smallest absolute Gasteiger partial charge is 0.201 e. The highest BCUT2D eigenvalue weighted by atomic mass is 35.5. The predicted octanol–water partition coefficient (Wildman–Crippen LogP) is 5.05. The fraction of sp³-hybridized carbons (Fsp3) is 0.0476. The van der Waals surface area contributed by atoms with Crippen molar-refractivity contribution in [1.29, 1.82) is 5.41 Å². The molecular weight excluding hydrogens is 445 g/mol. The van der Waals surface area contributed by atoms with Crippen LogP contribution >= 0.6 is 11.6 Å². The zero-order chi connectivity index (χ0) is 23.0. The monoisotopic (exact) mass is 460 g/mol. The van der Waals surface area contributed by atoms with E-state index < -0.39 is 23.3 Å². The lowest BCUT2D eigenvalue weighted by Gasteiger charge is -2.18. The van der Waals surface area contributed by atoms with Gasteiger partial charge < -0.3 is 16.0 Å². The summed E-state index contributed by atoms with van der Waals surface area (Å²) >= 11 is 5.72. The first-order valence-corrected chi connectivity index (χ1v) is 9.62. The minimum Gasteiger partial charge on any atom is -0.398 e. The van der Waals surface area contributed by atoms with Crippen molar-refractivity contribution in [3.8, 4) is 0 Å². The number of rotatable bonds is 5. The Morgan fingerprint density at radius 3 is 2.62 bits per heavy atom. The molecule has 1 aromatic heterocycles. The standard InChI is InChI=1S/C21H16ClF3N6O/c22-13-7-11(5-6-14(13)23)31(32)20(27)12-8-15(24)17(25)19-18(12)29-21(30-19)28-9-10-3-1-2-4-16(10)26/h1-8,27,32H,9,26H2,(H2,28,29,30). The van der Waals surface area contributed by atoms with Crippen LogP contribution in [0.3, 0.4) is 0 Å². The number of nitrogen functional groups attached to an aromatic ring is 1. The second kappa shape index (κ2) is 8.40. The molecule has 0 aliphatic rings. The van der Waals surface area contributed by atoms with Crippen LogP contribution in [0.4, 0.5) is 30.5 Å². The molecule has 3 aromatic carbocycles. The molecule has 164 valence electrons. The highest BCUT2D eigenvalue weighted by Gasteiger charge is 2.23. The Morgan fingerprint density at radius 1 is 1.16 bits per heavy atom. The molecule has 7 nitrogen and oxygen atoms in total. The van der Waals surface area contributed by atoms with E-state index in [4.69, 9.17) is 22.7 Å². The topological polar surface area (TPSA) is 114 Å². The van der Waals surface area contributed by atoms with Crippen LogP contribution in [0.5, 0.6) is 0 Å². The van der Waals surface area contributed by atoms with E-state index in [1.54, 1.807) is 24.3 Å². The average Bonchev–Trinajstić information content (AvgIpc) is 3.21. The number of imidazole rings is 1. The molecule has 0 amide bonds. The van der Waals surface area contributed by atoms with Crippen LogP contribution in [0.2, 0.25) is 5.02 Å². The van der Waals surface area contributed by atoms with Crippen LogP contribution in [-0.4, -0.2) is 21.0 Å². The number of nitrogens with one attached hydrogen (secondary N) is 3. The number of hydrogen-bond acceptors (Lipinski definition) is 5. The maximum atomic E-state index is 14.4. The SMILES string of the molecule is N=C(c1cc(F)c(F)c2nc(NCc3ccccc3N)[nH]c12)N(O)c1ccc(F)c(Cl)c1. The maximum absolute atomic E-state index is 14.4. The van der Waals surface area contributed by atoms with Crippen molar-refractivity contribution in [3.63, 3.8) is 0 Å². The van der Waals surface area contributed by atoms with E-state index in [2.05, 4.69) is 15.3 Å². The minimum absolute atomic E-state index is 0.0234. The van der Waals surface area contributed by atoms with Gasteiger partial charge >= 0.3 is 0 Å². The normalized spacial score (nSPS) is 11.0. The van der Waals surface area contributed by atoms with Gasteiger partial charge in [-0.2, -0.15) is 0 Å². The summed E-state index contributed by atoms with van der Waals surface area (Å²) in [7, 11) is 0. The summed E-state index contributed by atoms with van der Waals surface area (Å²) in [5, 5.41) is 21.7. The van der Waals surface area contributed by atoms with Crippen molar-refractivity contribution in [3.05, 3.63) is 82.1 Å². The number of fused-ring (bicyclic) bond motifs is 1. The number of halogens is 4. The van der Waals surface area contributed by atoms with Gasteiger partial charge in [0, 0.05) is 17.8 Å². The second-order valence-corrected chi connectivity index (χ2v) is 7.25. The summed E-state index contributed by atoms with van der Waals surface area (Å²) in [6.45, 7) is 0.254. The molecule has 11 heteroatoms. The first-order chi connectivity index (χ1) is 15.3. The number of H-pyrrole nitrogens is 1. The van der Waals surface area contributed by atoms with Crippen LogP contribution in [-0.2, 0) is 6.54 Å². The summed E-state index contributed by atoms with van der Waals surface area (Å²) in [5.41, 5.74) is 6.60. The molecule has 4 aromatic rings. The van der Waals surface area contributed by atoms with Crippen LogP contribution in [0, 0.1) is 22.9 Å². The molecule has 0 aliphatic heterocycles. The number of nitrogens with two attached hydrogens (primary N) is 1. The Balaban J connectivity index is 1.69. The van der Waals surface area contributed by atoms with E-state index in [1.807, 2.05) is 0 Å². The van der Waals surface area contributed by atoms with Crippen molar-refractivity contribution in [1.82, 2.24) is 9.97 Å². The van der Waals surface area contributed by atoms with Crippen LogP contribution < -0.4 is 16.1 Å². The first kappa shape index (κ1) is 21.5. The van der Waals surface area contributed by atoms with Crippen molar-refractivity contribution in [2.45, 2.75) is 6.54 Å². The maximum Gasteiger partial charge on any atom is 0.201 e. The molecule has 0 aliphatic carbocycles. The third-order valence-electron chi connectivity index (χ3n) is 4.78. The fourth-order valence-corrected chi connectivity index (χ4v) is 3.28. The van der Waals surface area contributed by atoms with E-state index in [9.17, 15) is 18.4 Å². The number of hydroxylamine groups is 1. The van der Waals surface area contributed by atoms with Gasteiger partial charge in [0.2, 0.25) is 5.95 Å². The van der Waals surface area contributed by atoms with Gasteiger partial charge in [0.05, 0.1) is 16.2 Å². The number of aromatic amines is 1. The van der Waals surface area contributed by atoms with Crippen molar-refractivity contribution < 1.29 is 18.4 Å². The van der Waals surface area contributed by atoms with Gasteiger partial charge in [-0.1, -0.05) is 29.8 Å². The zero-order valence-corrected chi connectivity index (χ0v) is 17.0. The molecule has 32 heavy (non-hydrogen) atoms. The minimum atomic E-state index is -1.26. The Morgan fingerprint density at radius 2 is 1.91 bits per heavy atom. The third-order valence-corrected chi connectivity index (χ3v) is 5.07. The third kappa shape index (κ3) is 3.93. The molecule has 0 atom stereocenters. The average molecular weight is 461 g/mol. The Labute approximate surface area is 184 Å². The van der Waals surface area contributed by atoms with Crippen LogP contribution in [0.25, 0.3) is 11.0 Å². The molecule has 0 spiro atoms. The van der Waals surface area contributed by atoms with E-state index in [-0.39, 0.29) is 39.8 Å². The molecular formula is C21H16ClF3N6O. The quantitative estimate of drug-likeness (QED) is 0.124. The van der Waals surface area contributed by atoms with Gasteiger partial charge in [-0.3, -0.25) is 10.6 Å². The second-order valence-electron chi connectivity index (χ2n) is 6.84. The molecule has 0 saturated heterocycles. The number of aromatic nitrogens is 2. The summed E-state index contributed by atoms with van der Waals surface area (Å²) in [6.07, 6.45) is 0. The molecule has 0 unspecified atom stereocenters. The molecule has 6 N–H and O–H groups in total. The highest BCUT2D eigenvalue weighted by Crippen LogP contribution is 2.28. The predicted molar refractivity (Wildman–Crippen MR) is 117 cm³/mol. The number of benzene rings is 3. The lowest BCUT2D eigenvalue weighted by Crippen LogP contribution is -2.27. The van der Waals surface area contributed by atoms with Gasteiger partial charge in [-0.05, 0) is 35.9 Å². The zero-order valence-electron chi connectivity index (χ0n) is 16.3.